The number of amides is 3. The second-order valence-corrected chi connectivity index (χ2v) is 6.62. The fourth-order valence-electron chi connectivity index (χ4n) is 2.87. The Bertz CT molecular complexity index is 1020. The molecule has 0 aliphatic carbocycles. The molecule has 1 unspecified atom stereocenters. The zero-order chi connectivity index (χ0) is 19.0. The molecule has 1 saturated heterocycles. The van der Waals surface area contributed by atoms with Crippen LogP contribution in [0.5, 0.6) is 0 Å². The number of hydrogen-bond acceptors (Lipinski definition) is 6. The van der Waals surface area contributed by atoms with Crippen LogP contribution in [0, 0.1) is 0 Å². The molecule has 9 heteroatoms. The third kappa shape index (κ3) is 3.04. The molecule has 0 bridgehead atoms. The fraction of sp³-hybridized carbons (Fsp3) is 0.167. The smallest absolute Gasteiger partial charge is 0.325 e. The molecule has 3 aromatic rings. The quantitative estimate of drug-likeness (QED) is 0.695. The second kappa shape index (κ2) is 6.48. The molecule has 1 fully saturated rings. The number of aromatic nitrogens is 3. The van der Waals surface area contributed by atoms with Crippen molar-refractivity contribution < 1.29 is 14.1 Å². The van der Waals surface area contributed by atoms with Crippen LogP contribution in [0.3, 0.4) is 0 Å². The van der Waals surface area contributed by atoms with Crippen molar-refractivity contribution in [1.29, 1.82) is 0 Å². The first kappa shape index (κ1) is 17.2. The summed E-state index contributed by atoms with van der Waals surface area (Å²) in [6.07, 6.45) is 1.57. The summed E-state index contributed by atoms with van der Waals surface area (Å²) >= 11 is 5.97. The van der Waals surface area contributed by atoms with Crippen LogP contribution in [0.25, 0.3) is 11.4 Å². The Morgan fingerprint density at radius 1 is 1.22 bits per heavy atom. The Balaban J connectivity index is 1.57. The van der Waals surface area contributed by atoms with Crippen molar-refractivity contribution in [2.45, 2.75) is 19.0 Å². The molecule has 1 N–H and O–H groups in total. The van der Waals surface area contributed by atoms with Crippen LogP contribution in [-0.4, -0.2) is 32.0 Å². The zero-order valence-corrected chi connectivity index (χ0v) is 15.0. The van der Waals surface area contributed by atoms with E-state index in [4.69, 9.17) is 16.1 Å². The molecule has 1 aromatic carbocycles. The van der Waals surface area contributed by atoms with Gasteiger partial charge in [0.2, 0.25) is 11.7 Å². The van der Waals surface area contributed by atoms with Gasteiger partial charge in [-0.25, -0.2) is 4.79 Å². The highest BCUT2D eigenvalue weighted by Gasteiger charge is 2.50. The number of imide groups is 1. The lowest BCUT2D eigenvalue weighted by Crippen LogP contribution is -2.41. The number of halogens is 1. The molecule has 1 aliphatic rings. The van der Waals surface area contributed by atoms with Crippen molar-refractivity contribution in [1.82, 2.24) is 25.3 Å². The van der Waals surface area contributed by atoms with Gasteiger partial charge >= 0.3 is 6.03 Å². The molecule has 136 valence electrons. The number of urea groups is 1. The highest BCUT2D eigenvalue weighted by Crippen LogP contribution is 2.28. The van der Waals surface area contributed by atoms with E-state index in [0.717, 1.165) is 4.90 Å². The van der Waals surface area contributed by atoms with E-state index in [9.17, 15) is 9.59 Å². The molecule has 3 heterocycles. The molecule has 1 atom stereocenters. The van der Waals surface area contributed by atoms with Gasteiger partial charge in [0.1, 0.15) is 6.54 Å². The van der Waals surface area contributed by atoms with Gasteiger partial charge < -0.3 is 9.84 Å². The highest BCUT2D eigenvalue weighted by atomic mass is 35.5. The molecule has 2 aromatic heterocycles. The number of pyridine rings is 1. The number of nitrogens with one attached hydrogen (secondary N) is 1. The summed E-state index contributed by atoms with van der Waals surface area (Å²) < 4.78 is 5.20. The molecular weight excluding hydrogens is 370 g/mol. The van der Waals surface area contributed by atoms with Crippen LogP contribution >= 0.6 is 11.6 Å². The van der Waals surface area contributed by atoms with Crippen molar-refractivity contribution in [2.24, 2.45) is 0 Å². The maximum absolute atomic E-state index is 12.9. The van der Waals surface area contributed by atoms with Crippen LogP contribution < -0.4 is 5.32 Å². The lowest BCUT2D eigenvalue weighted by atomic mass is 9.97. The minimum absolute atomic E-state index is 0.138. The minimum Gasteiger partial charge on any atom is -0.337 e. The summed E-state index contributed by atoms with van der Waals surface area (Å²) in [5.74, 6) is 0.0273. The monoisotopic (exact) mass is 383 g/mol. The van der Waals surface area contributed by atoms with Crippen LogP contribution in [-0.2, 0) is 16.9 Å². The Hall–Kier alpha value is -3.26. The molecule has 0 spiro atoms. The van der Waals surface area contributed by atoms with Gasteiger partial charge in [-0.3, -0.25) is 14.7 Å². The zero-order valence-electron chi connectivity index (χ0n) is 14.2. The normalized spacial score (nSPS) is 19.4. The van der Waals surface area contributed by atoms with E-state index < -0.39 is 17.5 Å². The summed E-state index contributed by atoms with van der Waals surface area (Å²) in [7, 11) is 0. The maximum Gasteiger partial charge on any atom is 0.325 e. The first-order valence-electron chi connectivity index (χ1n) is 8.11. The summed E-state index contributed by atoms with van der Waals surface area (Å²) in [5, 5.41) is 7.11. The first-order valence-corrected chi connectivity index (χ1v) is 8.49. The summed E-state index contributed by atoms with van der Waals surface area (Å²) in [4.78, 5) is 34.7. The average molecular weight is 384 g/mol. The van der Waals surface area contributed by atoms with E-state index in [1.165, 1.54) is 0 Å². The van der Waals surface area contributed by atoms with Crippen molar-refractivity contribution in [3.05, 3.63) is 65.3 Å². The summed E-state index contributed by atoms with van der Waals surface area (Å²) in [5.41, 5.74) is -0.113. The predicted molar refractivity (Wildman–Crippen MR) is 95.4 cm³/mol. The minimum atomic E-state index is -1.24. The van der Waals surface area contributed by atoms with Gasteiger partial charge in [-0.2, -0.15) is 4.98 Å². The number of carbonyl (C=O) groups is 2. The number of carbonyl (C=O) groups excluding carboxylic acids is 2. The molecule has 0 saturated carbocycles. The van der Waals surface area contributed by atoms with Gasteiger partial charge in [-0.15, -0.1) is 0 Å². The highest BCUT2D eigenvalue weighted by molar-refractivity contribution is 6.30. The number of rotatable bonds is 4. The summed E-state index contributed by atoms with van der Waals surface area (Å²) in [6.45, 7) is 1.47. The van der Waals surface area contributed by atoms with Crippen LogP contribution in [0.1, 0.15) is 18.5 Å². The Kier molecular flexibility index (Phi) is 4.12. The van der Waals surface area contributed by atoms with E-state index in [1.807, 2.05) is 0 Å². The molecule has 3 amide bonds. The molecule has 1 aliphatic heterocycles. The molecular formula is C18H14ClN5O3. The molecule has 4 rings (SSSR count). The van der Waals surface area contributed by atoms with Crippen molar-refractivity contribution in [3.8, 4) is 11.4 Å². The van der Waals surface area contributed by atoms with E-state index in [2.05, 4.69) is 20.4 Å². The van der Waals surface area contributed by atoms with E-state index in [-0.39, 0.29) is 12.4 Å². The predicted octanol–water partition coefficient (Wildman–Crippen LogP) is 2.75. The van der Waals surface area contributed by atoms with Crippen LogP contribution in [0.4, 0.5) is 4.79 Å². The number of hydrogen-bond donors (Lipinski definition) is 1. The van der Waals surface area contributed by atoms with Crippen LogP contribution in [0.2, 0.25) is 5.02 Å². The largest absolute Gasteiger partial charge is 0.337 e. The maximum atomic E-state index is 12.9. The lowest BCUT2D eigenvalue weighted by molar-refractivity contribution is -0.131. The third-order valence-electron chi connectivity index (χ3n) is 4.30. The van der Waals surface area contributed by atoms with Gasteiger partial charge in [0.05, 0.1) is 5.69 Å². The van der Waals surface area contributed by atoms with Gasteiger partial charge in [-0.05, 0) is 31.2 Å². The second-order valence-electron chi connectivity index (χ2n) is 6.18. The standard InChI is InChI=1S/C18H14ClN5O3/c1-18(13-7-2-3-8-20-13)16(25)24(17(26)22-18)10-14-21-15(23-27-14)11-5-4-6-12(19)9-11/h2-9H,10H2,1H3,(H,22,26). The summed E-state index contributed by atoms with van der Waals surface area (Å²) in [6, 6.07) is 11.6. The van der Waals surface area contributed by atoms with E-state index >= 15 is 0 Å². The van der Waals surface area contributed by atoms with Crippen molar-refractivity contribution in [3.63, 3.8) is 0 Å². The van der Waals surface area contributed by atoms with Gasteiger partial charge in [0.25, 0.3) is 5.91 Å². The third-order valence-corrected chi connectivity index (χ3v) is 4.53. The Morgan fingerprint density at radius 2 is 2.07 bits per heavy atom. The molecule has 0 radical (unpaired) electrons. The Labute approximate surface area is 159 Å². The van der Waals surface area contributed by atoms with E-state index in [1.54, 1.807) is 55.6 Å². The fourth-order valence-corrected chi connectivity index (χ4v) is 3.06. The SMILES string of the molecule is CC1(c2ccccn2)NC(=O)N(Cc2nc(-c3cccc(Cl)c3)no2)C1=O. The Morgan fingerprint density at radius 3 is 2.81 bits per heavy atom. The van der Waals surface area contributed by atoms with Gasteiger partial charge in [0.15, 0.2) is 5.54 Å². The van der Waals surface area contributed by atoms with Gasteiger partial charge in [0, 0.05) is 16.8 Å². The van der Waals surface area contributed by atoms with Crippen molar-refractivity contribution >= 4 is 23.5 Å². The van der Waals surface area contributed by atoms with E-state index in [0.29, 0.717) is 22.1 Å². The topological polar surface area (TPSA) is 101 Å². The number of benzene rings is 1. The van der Waals surface area contributed by atoms with Gasteiger partial charge in [-0.1, -0.05) is 35.0 Å². The lowest BCUT2D eigenvalue weighted by Gasteiger charge is -2.20. The van der Waals surface area contributed by atoms with Crippen molar-refractivity contribution in [2.75, 3.05) is 0 Å². The molecule has 27 heavy (non-hydrogen) atoms. The van der Waals surface area contributed by atoms with Crippen LogP contribution in [0.15, 0.2) is 53.2 Å². The molecule has 8 nitrogen and oxygen atoms in total. The first-order chi connectivity index (χ1) is 13.0. The number of nitrogens with zero attached hydrogens (tertiary/aromatic N) is 4. The average Bonchev–Trinajstić information content (AvgIpc) is 3.22.